The molecule has 1 aromatic rings. The van der Waals surface area contributed by atoms with Crippen molar-refractivity contribution in [3.05, 3.63) is 23.9 Å². The Labute approximate surface area is 107 Å². The predicted octanol–water partition coefficient (Wildman–Crippen LogP) is 2.04. The van der Waals surface area contributed by atoms with Crippen LogP contribution in [0.2, 0.25) is 0 Å². The number of aromatic nitrogens is 1. The second-order valence-electron chi connectivity index (χ2n) is 5.06. The zero-order valence-electron chi connectivity index (χ0n) is 10.6. The molecule has 4 heteroatoms. The third-order valence-corrected chi connectivity index (χ3v) is 3.93. The quantitative estimate of drug-likeness (QED) is 0.749. The van der Waals surface area contributed by atoms with E-state index in [4.69, 9.17) is 4.74 Å². The van der Waals surface area contributed by atoms with Gasteiger partial charge in [-0.3, -0.25) is 4.79 Å². The number of hydrogen-bond donors (Lipinski definition) is 0. The second-order valence-corrected chi connectivity index (χ2v) is 5.06. The summed E-state index contributed by atoms with van der Waals surface area (Å²) in [4.78, 5) is 18.2. The van der Waals surface area contributed by atoms with E-state index in [0.29, 0.717) is 12.1 Å². The van der Waals surface area contributed by atoms with Crippen molar-refractivity contribution in [1.29, 1.82) is 0 Å². The number of ketones is 1. The van der Waals surface area contributed by atoms with Crippen LogP contribution in [-0.4, -0.2) is 36.1 Å². The van der Waals surface area contributed by atoms with Gasteiger partial charge in [0.1, 0.15) is 5.82 Å². The molecule has 0 amide bonds. The van der Waals surface area contributed by atoms with E-state index >= 15 is 0 Å². The molecule has 18 heavy (non-hydrogen) atoms. The van der Waals surface area contributed by atoms with Crippen molar-refractivity contribution in [2.75, 3.05) is 18.1 Å². The number of pyridine rings is 1. The van der Waals surface area contributed by atoms with Gasteiger partial charge in [0, 0.05) is 18.3 Å². The average molecular weight is 246 g/mol. The Hall–Kier alpha value is -1.42. The highest BCUT2D eigenvalue weighted by atomic mass is 16.5. The number of fused-ring (bicyclic) bond motifs is 1. The van der Waals surface area contributed by atoms with Crippen molar-refractivity contribution in [3.63, 3.8) is 0 Å². The van der Waals surface area contributed by atoms with Gasteiger partial charge in [-0.05, 0) is 38.3 Å². The molecule has 0 radical (unpaired) electrons. The first-order chi connectivity index (χ1) is 8.75. The highest BCUT2D eigenvalue weighted by Gasteiger charge is 2.36. The molecule has 2 heterocycles. The molecule has 1 aliphatic carbocycles. The fourth-order valence-corrected chi connectivity index (χ4v) is 3.00. The summed E-state index contributed by atoms with van der Waals surface area (Å²) in [6.07, 6.45) is 5.61. The maximum atomic E-state index is 11.4. The lowest BCUT2D eigenvalue weighted by Gasteiger charge is -2.38. The molecule has 1 aliphatic heterocycles. The van der Waals surface area contributed by atoms with E-state index < -0.39 is 0 Å². The minimum absolute atomic E-state index is 0.0925. The second kappa shape index (κ2) is 4.69. The predicted molar refractivity (Wildman–Crippen MR) is 69.0 cm³/mol. The van der Waals surface area contributed by atoms with Crippen LogP contribution in [0.3, 0.4) is 0 Å². The van der Waals surface area contributed by atoms with Crippen LogP contribution in [-0.2, 0) is 4.74 Å². The van der Waals surface area contributed by atoms with Crippen LogP contribution in [0.15, 0.2) is 18.3 Å². The molecule has 2 aliphatic rings. The van der Waals surface area contributed by atoms with E-state index in [1.165, 1.54) is 6.42 Å². The molecule has 0 aromatic carbocycles. The van der Waals surface area contributed by atoms with Gasteiger partial charge in [0.15, 0.2) is 5.78 Å². The van der Waals surface area contributed by atoms with Crippen LogP contribution in [0, 0.1) is 0 Å². The summed E-state index contributed by atoms with van der Waals surface area (Å²) in [6, 6.07) is 4.12. The molecular formula is C14H18N2O2. The number of carbonyl (C=O) groups is 1. The average Bonchev–Trinajstić information content (AvgIpc) is 2.87. The van der Waals surface area contributed by atoms with Crippen LogP contribution in [0.1, 0.15) is 36.5 Å². The standard InChI is InChI=1S/C14H18N2O2/c1-10(17)11-5-6-15-14(9-11)16-7-8-18-13-4-2-3-12(13)16/h5-6,9,12-13H,2-4,7-8H2,1H3. The van der Waals surface area contributed by atoms with E-state index in [2.05, 4.69) is 9.88 Å². The normalized spacial score (nSPS) is 27.1. The summed E-state index contributed by atoms with van der Waals surface area (Å²) < 4.78 is 5.79. The van der Waals surface area contributed by atoms with Gasteiger partial charge in [-0.15, -0.1) is 0 Å². The number of Topliss-reactive ketones (excluding diaryl/α,β-unsaturated/α-hetero) is 1. The summed E-state index contributed by atoms with van der Waals surface area (Å²) >= 11 is 0. The minimum Gasteiger partial charge on any atom is -0.374 e. The number of anilines is 1. The van der Waals surface area contributed by atoms with Gasteiger partial charge in [-0.2, -0.15) is 0 Å². The van der Waals surface area contributed by atoms with Crippen LogP contribution < -0.4 is 4.90 Å². The lowest BCUT2D eigenvalue weighted by atomic mass is 10.1. The van der Waals surface area contributed by atoms with Crippen LogP contribution in [0.4, 0.5) is 5.82 Å². The lowest BCUT2D eigenvalue weighted by Crippen LogP contribution is -2.49. The molecule has 2 atom stereocenters. The Bertz CT molecular complexity index is 461. The molecule has 1 saturated heterocycles. The third-order valence-electron chi connectivity index (χ3n) is 3.93. The van der Waals surface area contributed by atoms with E-state index in [-0.39, 0.29) is 5.78 Å². The zero-order chi connectivity index (χ0) is 12.5. The van der Waals surface area contributed by atoms with Crippen LogP contribution in [0.5, 0.6) is 0 Å². The summed E-state index contributed by atoms with van der Waals surface area (Å²) in [7, 11) is 0. The highest BCUT2D eigenvalue weighted by molar-refractivity contribution is 5.94. The van der Waals surface area contributed by atoms with Crippen molar-refractivity contribution in [3.8, 4) is 0 Å². The van der Waals surface area contributed by atoms with Crippen LogP contribution in [0.25, 0.3) is 0 Å². The maximum Gasteiger partial charge on any atom is 0.159 e. The molecule has 4 nitrogen and oxygen atoms in total. The van der Waals surface area contributed by atoms with Gasteiger partial charge in [-0.1, -0.05) is 0 Å². The van der Waals surface area contributed by atoms with Crippen molar-refractivity contribution in [1.82, 2.24) is 4.98 Å². The number of morpholine rings is 1. The van der Waals surface area contributed by atoms with E-state index in [9.17, 15) is 4.79 Å². The smallest absolute Gasteiger partial charge is 0.159 e. The molecule has 3 rings (SSSR count). The molecule has 0 N–H and O–H groups in total. The number of nitrogens with zero attached hydrogens (tertiary/aromatic N) is 2. The van der Waals surface area contributed by atoms with Crippen LogP contribution >= 0.6 is 0 Å². The Morgan fingerprint density at radius 3 is 3.22 bits per heavy atom. The third kappa shape index (κ3) is 2.01. The van der Waals surface area contributed by atoms with Gasteiger partial charge in [0.25, 0.3) is 0 Å². The first-order valence-electron chi connectivity index (χ1n) is 6.61. The summed E-state index contributed by atoms with van der Waals surface area (Å²) in [5.41, 5.74) is 0.737. The van der Waals surface area contributed by atoms with Gasteiger partial charge < -0.3 is 9.64 Å². The van der Waals surface area contributed by atoms with Crippen molar-refractivity contribution >= 4 is 11.6 Å². The molecule has 2 unspecified atom stereocenters. The minimum atomic E-state index is 0.0925. The molecule has 2 fully saturated rings. The van der Waals surface area contributed by atoms with E-state index in [1.807, 2.05) is 6.07 Å². The van der Waals surface area contributed by atoms with Gasteiger partial charge in [0.05, 0.1) is 18.8 Å². The van der Waals surface area contributed by atoms with E-state index in [0.717, 1.165) is 37.4 Å². The topological polar surface area (TPSA) is 42.4 Å². The van der Waals surface area contributed by atoms with E-state index in [1.54, 1.807) is 19.2 Å². The molecule has 96 valence electrons. The van der Waals surface area contributed by atoms with Crippen molar-refractivity contribution in [2.24, 2.45) is 0 Å². The fourth-order valence-electron chi connectivity index (χ4n) is 3.00. The monoisotopic (exact) mass is 246 g/mol. The molecule has 1 aromatic heterocycles. The largest absolute Gasteiger partial charge is 0.374 e. The van der Waals surface area contributed by atoms with Gasteiger partial charge in [0.2, 0.25) is 0 Å². The van der Waals surface area contributed by atoms with Crippen molar-refractivity contribution in [2.45, 2.75) is 38.3 Å². The fraction of sp³-hybridized carbons (Fsp3) is 0.571. The first kappa shape index (κ1) is 11.7. The number of carbonyl (C=O) groups excluding carboxylic acids is 1. The van der Waals surface area contributed by atoms with Crippen molar-refractivity contribution < 1.29 is 9.53 Å². The number of rotatable bonds is 2. The Morgan fingerprint density at radius 2 is 2.39 bits per heavy atom. The molecular weight excluding hydrogens is 228 g/mol. The molecule has 1 saturated carbocycles. The summed E-state index contributed by atoms with van der Waals surface area (Å²) in [5.74, 6) is 1.01. The first-order valence-corrected chi connectivity index (χ1v) is 6.61. The van der Waals surface area contributed by atoms with Gasteiger partial charge in [-0.25, -0.2) is 4.98 Å². The molecule has 0 bridgehead atoms. The summed E-state index contributed by atoms with van der Waals surface area (Å²) in [5, 5.41) is 0. The highest BCUT2D eigenvalue weighted by Crippen LogP contribution is 2.32. The Balaban J connectivity index is 1.89. The Morgan fingerprint density at radius 1 is 1.50 bits per heavy atom. The zero-order valence-corrected chi connectivity index (χ0v) is 10.6. The number of hydrogen-bond acceptors (Lipinski definition) is 4. The Kier molecular flexibility index (Phi) is 3.04. The lowest BCUT2D eigenvalue weighted by molar-refractivity contribution is 0.0253. The summed E-state index contributed by atoms with van der Waals surface area (Å²) in [6.45, 7) is 3.22. The SMILES string of the molecule is CC(=O)c1ccnc(N2CCOC3CCCC32)c1. The number of ether oxygens (including phenoxy) is 1. The van der Waals surface area contributed by atoms with Gasteiger partial charge >= 0.3 is 0 Å². The maximum absolute atomic E-state index is 11.4. The molecule has 0 spiro atoms.